The van der Waals surface area contributed by atoms with Gasteiger partial charge in [-0.3, -0.25) is 10.1 Å². The standard InChI is InChI=1S/C14H18N2O4/c17-14(20-12-7-2-1-3-8-12)15-10-11-6-4-5-9-13(11)16(18)19/h4-6,9,12H,1-3,7-8,10H2,(H,15,17). The first-order valence-corrected chi connectivity index (χ1v) is 6.83. The lowest BCUT2D eigenvalue weighted by molar-refractivity contribution is -0.385. The number of hydrogen-bond donors (Lipinski definition) is 1. The summed E-state index contributed by atoms with van der Waals surface area (Å²) in [5, 5.41) is 13.4. The summed E-state index contributed by atoms with van der Waals surface area (Å²) in [7, 11) is 0. The van der Waals surface area contributed by atoms with Crippen LogP contribution in [0.2, 0.25) is 0 Å². The van der Waals surface area contributed by atoms with Gasteiger partial charge in [-0.1, -0.05) is 24.6 Å². The van der Waals surface area contributed by atoms with Crippen molar-refractivity contribution in [2.24, 2.45) is 0 Å². The third-order valence-electron chi connectivity index (χ3n) is 3.44. The van der Waals surface area contributed by atoms with Crippen LogP contribution in [0, 0.1) is 10.1 Å². The molecule has 0 saturated heterocycles. The smallest absolute Gasteiger partial charge is 0.407 e. The lowest BCUT2D eigenvalue weighted by atomic mass is 9.98. The highest BCUT2D eigenvalue weighted by atomic mass is 16.6. The molecule has 0 bridgehead atoms. The van der Waals surface area contributed by atoms with Crippen molar-refractivity contribution in [3.8, 4) is 0 Å². The van der Waals surface area contributed by atoms with Gasteiger partial charge >= 0.3 is 6.09 Å². The van der Waals surface area contributed by atoms with Crippen LogP contribution in [0.5, 0.6) is 0 Å². The predicted octanol–water partition coefficient (Wildman–Crippen LogP) is 3.15. The van der Waals surface area contributed by atoms with Crippen LogP contribution >= 0.6 is 0 Å². The highest BCUT2D eigenvalue weighted by molar-refractivity contribution is 5.67. The fourth-order valence-corrected chi connectivity index (χ4v) is 2.38. The molecule has 6 nitrogen and oxygen atoms in total. The van der Waals surface area contributed by atoms with E-state index in [4.69, 9.17) is 4.74 Å². The summed E-state index contributed by atoms with van der Waals surface area (Å²) in [6.07, 6.45) is 4.64. The van der Waals surface area contributed by atoms with Crippen LogP contribution in [0.15, 0.2) is 24.3 Å². The van der Waals surface area contributed by atoms with E-state index >= 15 is 0 Å². The van der Waals surface area contributed by atoms with Crippen molar-refractivity contribution in [2.75, 3.05) is 0 Å². The Morgan fingerprint density at radius 2 is 2.00 bits per heavy atom. The first-order chi connectivity index (χ1) is 9.66. The lowest BCUT2D eigenvalue weighted by Gasteiger charge is -2.21. The monoisotopic (exact) mass is 278 g/mol. The van der Waals surface area contributed by atoms with Gasteiger partial charge in [0, 0.05) is 11.6 Å². The van der Waals surface area contributed by atoms with Crippen molar-refractivity contribution < 1.29 is 14.5 Å². The molecule has 20 heavy (non-hydrogen) atoms. The molecule has 108 valence electrons. The Balaban J connectivity index is 1.85. The average Bonchev–Trinajstić information content (AvgIpc) is 2.46. The van der Waals surface area contributed by atoms with Crippen LogP contribution < -0.4 is 5.32 Å². The Morgan fingerprint density at radius 3 is 2.70 bits per heavy atom. The van der Waals surface area contributed by atoms with Gasteiger partial charge in [-0.05, 0) is 25.7 Å². The molecule has 0 radical (unpaired) electrons. The van der Waals surface area contributed by atoms with E-state index in [2.05, 4.69) is 5.32 Å². The van der Waals surface area contributed by atoms with E-state index in [1.54, 1.807) is 18.2 Å². The van der Waals surface area contributed by atoms with E-state index in [0.717, 1.165) is 25.7 Å². The van der Waals surface area contributed by atoms with Crippen molar-refractivity contribution in [1.29, 1.82) is 0 Å². The summed E-state index contributed by atoms with van der Waals surface area (Å²) in [4.78, 5) is 22.1. The Morgan fingerprint density at radius 1 is 1.30 bits per heavy atom. The minimum atomic E-state index is -0.505. The second-order valence-corrected chi connectivity index (χ2v) is 4.90. The quantitative estimate of drug-likeness (QED) is 0.677. The normalized spacial score (nSPS) is 15.6. The van der Waals surface area contributed by atoms with Gasteiger partial charge in [0.05, 0.1) is 11.5 Å². The maximum absolute atomic E-state index is 11.7. The number of carbonyl (C=O) groups excluding carboxylic acids is 1. The van der Waals surface area contributed by atoms with Gasteiger partial charge in [0.15, 0.2) is 0 Å². The van der Waals surface area contributed by atoms with Crippen molar-refractivity contribution >= 4 is 11.8 Å². The minimum Gasteiger partial charge on any atom is -0.446 e. The number of nitro benzene ring substituents is 1. The van der Waals surface area contributed by atoms with Crippen LogP contribution in [0.3, 0.4) is 0 Å². The number of nitro groups is 1. The predicted molar refractivity (Wildman–Crippen MR) is 73.3 cm³/mol. The molecule has 1 fully saturated rings. The SMILES string of the molecule is O=C(NCc1ccccc1[N+](=O)[O-])OC1CCCCC1. The number of nitrogens with one attached hydrogen (secondary N) is 1. The van der Waals surface area contributed by atoms with Gasteiger partial charge in [0.25, 0.3) is 5.69 Å². The zero-order valence-electron chi connectivity index (χ0n) is 11.2. The number of ether oxygens (including phenoxy) is 1. The molecule has 1 aliphatic carbocycles. The van der Waals surface area contributed by atoms with Crippen molar-refractivity contribution in [1.82, 2.24) is 5.32 Å². The molecule has 0 aromatic heterocycles. The highest BCUT2D eigenvalue weighted by Gasteiger charge is 2.18. The van der Waals surface area contributed by atoms with Crippen LogP contribution in [0.25, 0.3) is 0 Å². The number of para-hydroxylation sites is 1. The molecule has 1 N–H and O–H groups in total. The number of benzene rings is 1. The molecule has 0 unspecified atom stereocenters. The number of hydrogen-bond acceptors (Lipinski definition) is 4. The minimum absolute atomic E-state index is 0.00506. The summed E-state index contributed by atoms with van der Waals surface area (Å²) in [5.74, 6) is 0. The van der Waals surface area contributed by atoms with Crippen molar-refractivity contribution in [3.63, 3.8) is 0 Å². The van der Waals surface area contributed by atoms with Gasteiger partial charge < -0.3 is 10.1 Å². The summed E-state index contributed by atoms with van der Waals surface area (Å²) in [6, 6.07) is 6.35. The van der Waals surface area contributed by atoms with Crippen LogP contribution in [-0.4, -0.2) is 17.1 Å². The molecule has 1 amide bonds. The Kier molecular flexibility index (Phi) is 4.92. The zero-order valence-corrected chi connectivity index (χ0v) is 11.2. The lowest BCUT2D eigenvalue weighted by Crippen LogP contribution is -2.29. The molecule has 1 aromatic carbocycles. The third kappa shape index (κ3) is 3.94. The van der Waals surface area contributed by atoms with E-state index < -0.39 is 11.0 Å². The number of alkyl carbamates (subject to hydrolysis) is 1. The third-order valence-corrected chi connectivity index (χ3v) is 3.44. The molecule has 0 atom stereocenters. The Bertz CT molecular complexity index is 484. The second kappa shape index (κ2) is 6.88. The van der Waals surface area contributed by atoms with Gasteiger partial charge in [-0.15, -0.1) is 0 Å². The van der Waals surface area contributed by atoms with Gasteiger partial charge in [-0.25, -0.2) is 4.79 Å². The summed E-state index contributed by atoms with van der Waals surface area (Å²) >= 11 is 0. The highest BCUT2D eigenvalue weighted by Crippen LogP contribution is 2.21. The summed E-state index contributed by atoms with van der Waals surface area (Å²) < 4.78 is 5.29. The molecule has 1 saturated carbocycles. The number of rotatable bonds is 4. The maximum atomic E-state index is 11.7. The molecular formula is C14H18N2O4. The fraction of sp³-hybridized carbons (Fsp3) is 0.500. The van der Waals surface area contributed by atoms with Gasteiger partial charge in [0.1, 0.15) is 6.10 Å². The molecule has 0 heterocycles. The first-order valence-electron chi connectivity index (χ1n) is 6.83. The first kappa shape index (κ1) is 14.3. The van der Waals surface area contributed by atoms with Gasteiger partial charge in [0.2, 0.25) is 0 Å². The van der Waals surface area contributed by atoms with E-state index in [-0.39, 0.29) is 18.3 Å². The van der Waals surface area contributed by atoms with Crippen LogP contribution in [0.4, 0.5) is 10.5 Å². The van der Waals surface area contributed by atoms with Crippen molar-refractivity contribution in [3.05, 3.63) is 39.9 Å². The number of carbonyl (C=O) groups is 1. The zero-order chi connectivity index (χ0) is 14.4. The molecule has 2 rings (SSSR count). The molecule has 6 heteroatoms. The van der Waals surface area contributed by atoms with E-state index in [1.165, 1.54) is 12.5 Å². The van der Waals surface area contributed by atoms with E-state index in [0.29, 0.717) is 5.56 Å². The van der Waals surface area contributed by atoms with Crippen molar-refractivity contribution in [2.45, 2.75) is 44.8 Å². The molecule has 1 aromatic rings. The second-order valence-electron chi connectivity index (χ2n) is 4.90. The molecule has 0 aliphatic heterocycles. The van der Waals surface area contributed by atoms with Crippen LogP contribution in [0.1, 0.15) is 37.7 Å². The molecule has 1 aliphatic rings. The molecular weight excluding hydrogens is 260 g/mol. The number of amides is 1. The Hall–Kier alpha value is -2.11. The fourth-order valence-electron chi connectivity index (χ4n) is 2.38. The maximum Gasteiger partial charge on any atom is 0.407 e. The van der Waals surface area contributed by atoms with E-state index in [9.17, 15) is 14.9 Å². The summed E-state index contributed by atoms with van der Waals surface area (Å²) in [6.45, 7) is 0.0999. The average molecular weight is 278 g/mol. The molecule has 0 spiro atoms. The largest absolute Gasteiger partial charge is 0.446 e. The van der Waals surface area contributed by atoms with Gasteiger partial charge in [-0.2, -0.15) is 0 Å². The van der Waals surface area contributed by atoms with E-state index in [1.807, 2.05) is 0 Å². The number of nitrogens with zero attached hydrogens (tertiary/aromatic N) is 1. The topological polar surface area (TPSA) is 81.5 Å². The summed E-state index contributed by atoms with van der Waals surface area (Å²) in [5.41, 5.74) is 0.476. The van der Waals surface area contributed by atoms with Crippen LogP contribution in [-0.2, 0) is 11.3 Å². The Labute approximate surface area is 117 Å².